The van der Waals surface area contributed by atoms with E-state index in [0.29, 0.717) is 24.9 Å². The molecule has 1 aromatic carbocycles. The lowest BCUT2D eigenvalue weighted by Gasteiger charge is -2.26. The second kappa shape index (κ2) is 7.73. The van der Waals surface area contributed by atoms with E-state index in [9.17, 15) is 4.79 Å². The molecule has 2 rings (SSSR count). The van der Waals surface area contributed by atoms with Gasteiger partial charge in [-0.1, -0.05) is 35.5 Å². The summed E-state index contributed by atoms with van der Waals surface area (Å²) in [6.45, 7) is 6.61. The fourth-order valence-corrected chi connectivity index (χ4v) is 1.95. The van der Waals surface area contributed by atoms with E-state index in [1.165, 1.54) is 0 Å². The lowest BCUT2D eigenvalue weighted by atomic mass is 10.1. The first-order chi connectivity index (χ1) is 10.9. The maximum atomic E-state index is 11.9. The van der Waals surface area contributed by atoms with Gasteiger partial charge < -0.3 is 19.9 Å². The van der Waals surface area contributed by atoms with E-state index >= 15 is 0 Å². The van der Waals surface area contributed by atoms with Gasteiger partial charge in [0.2, 0.25) is 5.89 Å². The molecule has 2 aromatic rings. The van der Waals surface area contributed by atoms with Crippen molar-refractivity contribution in [3.05, 3.63) is 47.6 Å². The van der Waals surface area contributed by atoms with Gasteiger partial charge in [-0.25, -0.2) is 4.79 Å². The van der Waals surface area contributed by atoms with Crippen LogP contribution in [0, 0.1) is 6.92 Å². The van der Waals surface area contributed by atoms with E-state index in [-0.39, 0.29) is 12.6 Å². The van der Waals surface area contributed by atoms with Gasteiger partial charge in [-0.3, -0.25) is 0 Å². The zero-order valence-corrected chi connectivity index (χ0v) is 13.6. The van der Waals surface area contributed by atoms with Gasteiger partial charge in [-0.2, -0.15) is 4.98 Å². The number of benzene rings is 1. The molecular weight excluding hydrogens is 296 g/mol. The summed E-state index contributed by atoms with van der Waals surface area (Å²) in [6.07, 6.45) is 0. The predicted octanol–water partition coefficient (Wildman–Crippen LogP) is 2.17. The summed E-state index contributed by atoms with van der Waals surface area (Å²) in [7, 11) is 0. The van der Waals surface area contributed by atoms with Crippen LogP contribution in [0.2, 0.25) is 0 Å². The van der Waals surface area contributed by atoms with Gasteiger partial charge in [0, 0.05) is 0 Å². The molecule has 0 aliphatic heterocycles. The fraction of sp³-hybridized carbons (Fsp3) is 0.438. The van der Waals surface area contributed by atoms with Crippen molar-refractivity contribution in [3.63, 3.8) is 0 Å². The Hall–Kier alpha value is -2.41. The molecule has 23 heavy (non-hydrogen) atoms. The summed E-state index contributed by atoms with van der Waals surface area (Å²) in [5.74, 6) is 0.910. The van der Waals surface area contributed by atoms with Gasteiger partial charge in [0.05, 0.1) is 25.3 Å². The molecule has 1 heterocycles. The lowest BCUT2D eigenvalue weighted by molar-refractivity contribution is 0.0743. The molecule has 124 valence electrons. The zero-order chi connectivity index (χ0) is 16.7. The molecule has 0 aliphatic carbocycles. The first-order valence-corrected chi connectivity index (χ1v) is 7.41. The van der Waals surface area contributed by atoms with E-state index < -0.39 is 5.54 Å². The van der Waals surface area contributed by atoms with Crippen molar-refractivity contribution in [1.29, 1.82) is 0 Å². The zero-order valence-electron chi connectivity index (χ0n) is 13.6. The Labute approximate surface area is 135 Å². The van der Waals surface area contributed by atoms with Crippen LogP contribution in [0.3, 0.4) is 0 Å². The molecule has 0 aliphatic rings. The highest BCUT2D eigenvalue weighted by molar-refractivity contribution is 5.74. The standard InChI is InChI=1S/C16H22N4O3/c1-12-18-14(23-20-12)9-17-15(21)19-16(2,3)11-22-10-13-7-5-4-6-8-13/h4-8H,9-11H2,1-3H3,(H2,17,19,21). The summed E-state index contributed by atoms with van der Waals surface area (Å²) in [4.78, 5) is 15.9. The SMILES string of the molecule is Cc1noc(CNC(=O)NC(C)(C)COCc2ccccc2)n1. The van der Waals surface area contributed by atoms with Gasteiger partial charge in [0.25, 0.3) is 0 Å². The molecule has 0 fully saturated rings. The summed E-state index contributed by atoms with van der Waals surface area (Å²) < 4.78 is 10.6. The van der Waals surface area contributed by atoms with Gasteiger partial charge in [-0.15, -0.1) is 0 Å². The van der Waals surface area contributed by atoms with E-state index in [4.69, 9.17) is 9.26 Å². The van der Waals surface area contributed by atoms with E-state index in [1.807, 2.05) is 44.2 Å². The molecule has 0 radical (unpaired) electrons. The fourth-order valence-electron chi connectivity index (χ4n) is 1.95. The van der Waals surface area contributed by atoms with Crippen LogP contribution in [0.25, 0.3) is 0 Å². The van der Waals surface area contributed by atoms with Gasteiger partial charge in [-0.05, 0) is 26.3 Å². The number of hydrogen-bond acceptors (Lipinski definition) is 5. The number of nitrogens with zero attached hydrogens (tertiary/aromatic N) is 2. The number of nitrogens with one attached hydrogen (secondary N) is 2. The Morgan fingerprint density at radius 2 is 2.04 bits per heavy atom. The molecule has 0 saturated carbocycles. The van der Waals surface area contributed by atoms with Crippen LogP contribution in [0.4, 0.5) is 4.79 Å². The highest BCUT2D eigenvalue weighted by atomic mass is 16.5. The third-order valence-electron chi connectivity index (χ3n) is 3.00. The molecular formula is C16H22N4O3. The number of aromatic nitrogens is 2. The molecule has 1 aromatic heterocycles. The molecule has 0 unspecified atom stereocenters. The largest absolute Gasteiger partial charge is 0.374 e. The Morgan fingerprint density at radius 3 is 2.70 bits per heavy atom. The minimum Gasteiger partial charge on any atom is -0.374 e. The Bertz CT molecular complexity index is 625. The average molecular weight is 318 g/mol. The van der Waals surface area contributed by atoms with E-state index in [0.717, 1.165) is 5.56 Å². The quantitative estimate of drug-likeness (QED) is 0.816. The highest BCUT2D eigenvalue weighted by Crippen LogP contribution is 2.06. The normalized spacial score (nSPS) is 11.3. The smallest absolute Gasteiger partial charge is 0.315 e. The predicted molar refractivity (Wildman–Crippen MR) is 84.6 cm³/mol. The van der Waals surface area contributed by atoms with Crippen molar-refractivity contribution in [2.24, 2.45) is 0 Å². The summed E-state index contributed by atoms with van der Waals surface area (Å²) in [6, 6.07) is 9.58. The van der Waals surface area contributed by atoms with Crippen LogP contribution in [-0.4, -0.2) is 28.3 Å². The molecule has 7 heteroatoms. The second-order valence-electron chi connectivity index (χ2n) is 5.91. The van der Waals surface area contributed by atoms with Gasteiger partial charge in [0.15, 0.2) is 5.82 Å². The van der Waals surface area contributed by atoms with Crippen LogP contribution in [0.1, 0.15) is 31.1 Å². The molecule has 0 saturated heterocycles. The van der Waals surface area contributed by atoms with Gasteiger partial charge >= 0.3 is 6.03 Å². The molecule has 0 atom stereocenters. The number of carbonyl (C=O) groups excluding carboxylic acids is 1. The van der Waals surface area contributed by atoms with Gasteiger partial charge in [0.1, 0.15) is 0 Å². The Kier molecular flexibility index (Phi) is 5.70. The average Bonchev–Trinajstić information content (AvgIpc) is 2.91. The monoisotopic (exact) mass is 318 g/mol. The number of aryl methyl sites for hydroxylation is 1. The minimum atomic E-state index is -0.496. The first kappa shape index (κ1) is 17.0. The summed E-state index contributed by atoms with van der Waals surface area (Å²) in [5.41, 5.74) is 0.600. The van der Waals surface area contributed by atoms with Crippen molar-refractivity contribution in [2.45, 2.75) is 39.5 Å². The third-order valence-corrected chi connectivity index (χ3v) is 3.00. The van der Waals surface area contributed by atoms with Crippen LogP contribution >= 0.6 is 0 Å². The third kappa shape index (κ3) is 6.07. The van der Waals surface area contributed by atoms with Crippen molar-refractivity contribution < 1.29 is 14.1 Å². The maximum Gasteiger partial charge on any atom is 0.315 e. The second-order valence-corrected chi connectivity index (χ2v) is 5.91. The molecule has 7 nitrogen and oxygen atoms in total. The number of hydrogen-bond donors (Lipinski definition) is 2. The number of ether oxygens (including phenoxy) is 1. The number of amides is 2. The number of urea groups is 1. The van der Waals surface area contributed by atoms with E-state index in [2.05, 4.69) is 20.8 Å². The van der Waals surface area contributed by atoms with E-state index in [1.54, 1.807) is 6.92 Å². The molecule has 0 bridgehead atoms. The molecule has 2 N–H and O–H groups in total. The Morgan fingerprint density at radius 1 is 1.30 bits per heavy atom. The van der Waals surface area contributed by atoms with Crippen molar-refractivity contribution in [3.8, 4) is 0 Å². The van der Waals surface area contributed by atoms with Crippen LogP contribution in [0.5, 0.6) is 0 Å². The van der Waals surface area contributed by atoms with Crippen molar-refractivity contribution in [2.75, 3.05) is 6.61 Å². The number of carbonyl (C=O) groups is 1. The Balaban J connectivity index is 1.70. The summed E-state index contributed by atoms with van der Waals surface area (Å²) >= 11 is 0. The highest BCUT2D eigenvalue weighted by Gasteiger charge is 2.21. The van der Waals surface area contributed by atoms with Crippen LogP contribution in [-0.2, 0) is 17.9 Å². The number of rotatable bonds is 7. The molecule has 0 spiro atoms. The maximum absolute atomic E-state index is 11.9. The first-order valence-electron chi connectivity index (χ1n) is 7.41. The van der Waals surface area contributed by atoms with Crippen molar-refractivity contribution >= 4 is 6.03 Å². The van der Waals surface area contributed by atoms with Crippen LogP contribution in [0.15, 0.2) is 34.9 Å². The molecule has 2 amide bonds. The topological polar surface area (TPSA) is 89.3 Å². The minimum absolute atomic E-state index is 0.188. The lowest BCUT2D eigenvalue weighted by Crippen LogP contribution is -2.50. The summed E-state index contributed by atoms with van der Waals surface area (Å²) in [5, 5.41) is 9.19. The van der Waals surface area contributed by atoms with Crippen LogP contribution < -0.4 is 10.6 Å². The van der Waals surface area contributed by atoms with Crippen molar-refractivity contribution in [1.82, 2.24) is 20.8 Å².